The number of amides is 1. The molecule has 2 aromatic rings. The van der Waals surface area contributed by atoms with Crippen molar-refractivity contribution in [2.24, 2.45) is 0 Å². The maximum atomic E-state index is 12.7. The summed E-state index contributed by atoms with van der Waals surface area (Å²) in [7, 11) is 0. The number of carbonyl (C=O) groups excluding carboxylic acids is 1. The summed E-state index contributed by atoms with van der Waals surface area (Å²) in [4.78, 5) is 15.7. The van der Waals surface area contributed by atoms with Crippen LogP contribution in [-0.2, 0) is 11.3 Å². The number of ether oxygens (including phenoxy) is 2. The van der Waals surface area contributed by atoms with E-state index in [9.17, 15) is 4.79 Å². The Bertz CT molecular complexity index is 790. The number of carbonyl (C=O) groups is 1. The smallest absolute Gasteiger partial charge is 0.240 e. The highest BCUT2D eigenvalue weighted by Crippen LogP contribution is 2.41. The SMILES string of the molecule is Cc1ccc2c(c1)N(Cc1ccc3c(c1)OCO3)C(=O)C(C)S2. The minimum absolute atomic E-state index is 0.0702. The summed E-state index contributed by atoms with van der Waals surface area (Å²) in [5, 5.41) is -0.0702. The van der Waals surface area contributed by atoms with Crippen LogP contribution >= 0.6 is 11.8 Å². The third kappa shape index (κ3) is 2.55. The van der Waals surface area contributed by atoms with Gasteiger partial charge in [-0.15, -0.1) is 11.8 Å². The molecule has 0 aliphatic carbocycles. The van der Waals surface area contributed by atoms with Crippen LogP contribution in [0, 0.1) is 6.92 Å². The van der Waals surface area contributed by atoms with Crippen molar-refractivity contribution in [2.75, 3.05) is 11.7 Å². The van der Waals surface area contributed by atoms with Crippen LogP contribution in [0.4, 0.5) is 5.69 Å². The van der Waals surface area contributed by atoms with Gasteiger partial charge in [0.2, 0.25) is 12.7 Å². The maximum Gasteiger partial charge on any atom is 0.240 e. The highest BCUT2D eigenvalue weighted by molar-refractivity contribution is 8.00. The Morgan fingerprint density at radius 2 is 2.00 bits per heavy atom. The first-order chi connectivity index (χ1) is 11.1. The minimum atomic E-state index is -0.0702. The van der Waals surface area contributed by atoms with E-state index >= 15 is 0 Å². The van der Waals surface area contributed by atoms with E-state index in [1.165, 1.54) is 0 Å². The molecule has 0 fully saturated rings. The topological polar surface area (TPSA) is 38.8 Å². The van der Waals surface area contributed by atoms with E-state index < -0.39 is 0 Å². The van der Waals surface area contributed by atoms with Gasteiger partial charge in [-0.3, -0.25) is 4.79 Å². The Kier molecular flexibility index (Phi) is 3.45. The second-order valence-corrected chi connectivity index (χ2v) is 7.23. The number of rotatable bonds is 2. The predicted octanol–water partition coefficient (Wildman–Crippen LogP) is 3.75. The number of nitrogens with zero attached hydrogens (tertiary/aromatic N) is 1. The van der Waals surface area contributed by atoms with Gasteiger partial charge in [-0.25, -0.2) is 0 Å². The van der Waals surface area contributed by atoms with Gasteiger partial charge in [-0.2, -0.15) is 0 Å². The van der Waals surface area contributed by atoms with Gasteiger partial charge in [0.05, 0.1) is 17.5 Å². The molecule has 0 saturated heterocycles. The van der Waals surface area contributed by atoms with Gasteiger partial charge in [-0.05, 0) is 49.2 Å². The van der Waals surface area contributed by atoms with Crippen LogP contribution in [0.25, 0.3) is 0 Å². The average molecular weight is 327 g/mol. The molecule has 4 nitrogen and oxygen atoms in total. The van der Waals surface area contributed by atoms with Crippen LogP contribution in [0.5, 0.6) is 11.5 Å². The highest BCUT2D eigenvalue weighted by atomic mass is 32.2. The first-order valence-corrected chi connectivity index (χ1v) is 8.47. The van der Waals surface area contributed by atoms with Crippen molar-refractivity contribution in [1.82, 2.24) is 0 Å². The molecule has 2 aromatic carbocycles. The molecule has 2 aliphatic rings. The van der Waals surface area contributed by atoms with E-state index in [2.05, 4.69) is 18.2 Å². The maximum absolute atomic E-state index is 12.7. The Morgan fingerprint density at radius 1 is 1.17 bits per heavy atom. The quantitative estimate of drug-likeness (QED) is 0.842. The van der Waals surface area contributed by atoms with Crippen LogP contribution < -0.4 is 14.4 Å². The standard InChI is InChI=1S/C18H17NO3S/c1-11-3-6-17-14(7-11)19(18(20)12(2)23-17)9-13-4-5-15-16(8-13)22-10-21-15/h3-8,12H,9-10H2,1-2H3. The number of hydrogen-bond acceptors (Lipinski definition) is 4. The van der Waals surface area contributed by atoms with E-state index in [1.807, 2.05) is 36.9 Å². The van der Waals surface area contributed by atoms with Crippen LogP contribution in [0.3, 0.4) is 0 Å². The Morgan fingerprint density at radius 3 is 2.87 bits per heavy atom. The van der Waals surface area contributed by atoms with E-state index in [-0.39, 0.29) is 18.0 Å². The molecule has 0 saturated carbocycles. The summed E-state index contributed by atoms with van der Waals surface area (Å²) >= 11 is 1.63. The molecule has 5 heteroatoms. The van der Waals surface area contributed by atoms with E-state index in [0.29, 0.717) is 6.54 Å². The minimum Gasteiger partial charge on any atom is -0.454 e. The molecule has 0 radical (unpaired) electrons. The first-order valence-electron chi connectivity index (χ1n) is 7.59. The lowest BCUT2D eigenvalue weighted by Crippen LogP contribution is -2.39. The number of fused-ring (bicyclic) bond motifs is 2. The second-order valence-electron chi connectivity index (χ2n) is 5.84. The molecule has 1 atom stereocenters. The number of hydrogen-bond donors (Lipinski definition) is 0. The highest BCUT2D eigenvalue weighted by Gasteiger charge is 2.31. The zero-order chi connectivity index (χ0) is 16.0. The lowest BCUT2D eigenvalue weighted by atomic mass is 10.1. The van der Waals surface area contributed by atoms with Crippen molar-refractivity contribution in [2.45, 2.75) is 30.5 Å². The zero-order valence-corrected chi connectivity index (χ0v) is 13.9. The molecule has 1 amide bonds. The summed E-state index contributed by atoms with van der Waals surface area (Å²) in [5.74, 6) is 1.66. The Labute approximate surface area is 139 Å². The normalized spacial score (nSPS) is 19.0. The van der Waals surface area contributed by atoms with Crippen molar-refractivity contribution in [1.29, 1.82) is 0 Å². The van der Waals surface area contributed by atoms with Gasteiger partial charge in [-0.1, -0.05) is 12.1 Å². The summed E-state index contributed by atoms with van der Waals surface area (Å²) in [6, 6.07) is 12.1. The lowest BCUT2D eigenvalue weighted by molar-refractivity contribution is -0.118. The molecule has 0 bridgehead atoms. The van der Waals surface area contributed by atoms with E-state index in [4.69, 9.17) is 9.47 Å². The Balaban J connectivity index is 1.70. The molecule has 118 valence electrons. The first kappa shape index (κ1) is 14.5. The van der Waals surface area contributed by atoms with Crippen molar-refractivity contribution >= 4 is 23.4 Å². The summed E-state index contributed by atoms with van der Waals surface area (Å²) in [5.41, 5.74) is 3.19. The third-order valence-corrected chi connectivity index (χ3v) is 5.25. The average Bonchev–Trinajstić information content (AvgIpc) is 3.00. The summed E-state index contributed by atoms with van der Waals surface area (Å²) < 4.78 is 10.8. The van der Waals surface area contributed by atoms with Crippen molar-refractivity contribution < 1.29 is 14.3 Å². The van der Waals surface area contributed by atoms with Crippen molar-refractivity contribution in [3.63, 3.8) is 0 Å². The number of aryl methyl sites for hydroxylation is 1. The van der Waals surface area contributed by atoms with Crippen LogP contribution in [-0.4, -0.2) is 18.0 Å². The fraction of sp³-hybridized carbons (Fsp3) is 0.278. The summed E-state index contributed by atoms with van der Waals surface area (Å²) in [6.45, 7) is 4.81. The van der Waals surface area contributed by atoms with Crippen LogP contribution in [0.1, 0.15) is 18.1 Å². The van der Waals surface area contributed by atoms with Gasteiger partial charge < -0.3 is 14.4 Å². The fourth-order valence-corrected chi connectivity index (χ4v) is 3.95. The molecule has 2 aliphatic heterocycles. The van der Waals surface area contributed by atoms with E-state index in [1.54, 1.807) is 11.8 Å². The van der Waals surface area contributed by atoms with Gasteiger partial charge in [0.1, 0.15) is 0 Å². The lowest BCUT2D eigenvalue weighted by Gasteiger charge is -2.32. The van der Waals surface area contributed by atoms with Crippen molar-refractivity contribution in [3.05, 3.63) is 47.5 Å². The van der Waals surface area contributed by atoms with Gasteiger partial charge >= 0.3 is 0 Å². The van der Waals surface area contributed by atoms with Gasteiger partial charge in [0.25, 0.3) is 0 Å². The monoisotopic (exact) mass is 327 g/mol. The number of thioether (sulfide) groups is 1. The predicted molar refractivity (Wildman–Crippen MR) is 90.3 cm³/mol. The molecule has 4 rings (SSSR count). The van der Waals surface area contributed by atoms with Crippen LogP contribution in [0.2, 0.25) is 0 Å². The van der Waals surface area contributed by atoms with Gasteiger partial charge in [0, 0.05) is 4.90 Å². The molecule has 0 aromatic heterocycles. The number of benzene rings is 2. The van der Waals surface area contributed by atoms with Gasteiger partial charge in [0.15, 0.2) is 11.5 Å². The molecule has 0 spiro atoms. The molecule has 23 heavy (non-hydrogen) atoms. The second kappa shape index (κ2) is 5.49. The summed E-state index contributed by atoms with van der Waals surface area (Å²) in [6.07, 6.45) is 0. The Hall–Kier alpha value is -2.14. The molecular formula is C18H17NO3S. The van der Waals surface area contributed by atoms with Crippen molar-refractivity contribution in [3.8, 4) is 11.5 Å². The molecule has 1 unspecified atom stereocenters. The molecule has 2 heterocycles. The zero-order valence-electron chi connectivity index (χ0n) is 13.0. The van der Waals surface area contributed by atoms with Crippen LogP contribution in [0.15, 0.2) is 41.3 Å². The fourth-order valence-electron chi connectivity index (χ4n) is 2.90. The third-order valence-electron chi connectivity index (χ3n) is 4.10. The molecule has 0 N–H and O–H groups in total. The largest absolute Gasteiger partial charge is 0.454 e. The number of anilines is 1. The molecular weight excluding hydrogens is 310 g/mol. The van der Waals surface area contributed by atoms with E-state index in [0.717, 1.165) is 33.2 Å².